The summed E-state index contributed by atoms with van der Waals surface area (Å²) in [6.07, 6.45) is 12.2. The van der Waals surface area contributed by atoms with Crippen LogP contribution in [0.15, 0.2) is 43.1 Å². The summed E-state index contributed by atoms with van der Waals surface area (Å²) in [5.41, 5.74) is 2.27. The van der Waals surface area contributed by atoms with Gasteiger partial charge in [-0.3, -0.25) is 29.6 Å². The van der Waals surface area contributed by atoms with E-state index in [1.807, 2.05) is 12.1 Å². The van der Waals surface area contributed by atoms with Gasteiger partial charge in [0.2, 0.25) is 0 Å². The topological polar surface area (TPSA) is 71.9 Å². The van der Waals surface area contributed by atoms with E-state index >= 15 is 0 Å². The number of carbonyl (C=O) groups is 1. The van der Waals surface area contributed by atoms with E-state index in [1.165, 1.54) is 0 Å². The minimum absolute atomic E-state index is 0.117. The van der Waals surface area contributed by atoms with Gasteiger partial charge in [-0.2, -0.15) is 0 Å². The van der Waals surface area contributed by atoms with Crippen LogP contribution in [-0.4, -0.2) is 56.4 Å². The minimum atomic E-state index is -0.639. The lowest BCUT2D eigenvalue weighted by molar-refractivity contribution is -0.123. The number of alkyl halides is 1. The molecular weight excluding hydrogens is 393 g/mol. The second-order valence-electron chi connectivity index (χ2n) is 8.86. The number of carbonyl (C=O) groups excluding carboxylic acids is 1. The van der Waals surface area contributed by atoms with E-state index < -0.39 is 6.17 Å². The van der Waals surface area contributed by atoms with Crippen LogP contribution in [0.5, 0.6) is 0 Å². The first kappa shape index (κ1) is 20.1. The molecule has 4 heterocycles. The first-order valence-electron chi connectivity index (χ1n) is 11.0. The Bertz CT molecular complexity index is 1060. The number of hydrogen-bond acceptors (Lipinski definition) is 6. The number of hydrogen-bond donors (Lipinski definition) is 0. The van der Waals surface area contributed by atoms with Crippen molar-refractivity contribution in [2.24, 2.45) is 11.8 Å². The number of pyridine rings is 2. The summed E-state index contributed by atoms with van der Waals surface area (Å²) in [4.78, 5) is 32.4. The molecule has 0 amide bonds. The molecule has 2 aliphatic rings. The van der Waals surface area contributed by atoms with Crippen molar-refractivity contribution in [2.45, 2.75) is 38.3 Å². The van der Waals surface area contributed by atoms with E-state index in [1.54, 1.807) is 31.0 Å². The number of likely N-dealkylation sites (tertiary alicyclic amines) is 1. The Kier molecular flexibility index (Phi) is 5.68. The Balaban J connectivity index is 1.21. The van der Waals surface area contributed by atoms with Crippen LogP contribution in [0.1, 0.15) is 31.4 Å². The average Bonchev–Trinajstić information content (AvgIpc) is 2.78. The van der Waals surface area contributed by atoms with Gasteiger partial charge in [-0.1, -0.05) is 0 Å². The Hall–Kier alpha value is -2.80. The third-order valence-electron chi connectivity index (χ3n) is 6.57. The van der Waals surface area contributed by atoms with E-state index in [2.05, 4.69) is 24.8 Å². The van der Waals surface area contributed by atoms with Gasteiger partial charge < -0.3 is 0 Å². The minimum Gasteiger partial charge on any atom is -0.299 e. The van der Waals surface area contributed by atoms with Gasteiger partial charge in [0, 0.05) is 67.8 Å². The van der Waals surface area contributed by atoms with Gasteiger partial charge in [0.25, 0.3) is 0 Å². The lowest BCUT2D eigenvalue weighted by Crippen LogP contribution is -2.50. The Morgan fingerprint density at radius 3 is 2.48 bits per heavy atom. The lowest BCUT2D eigenvalue weighted by Gasteiger charge is -2.38. The standard InChI is InChI=1S/C24H26FN5O/c25-20-14-30(15-20)13-16-1-3-17(4-2-16)24(31)9-21-7-18-8-22(23-12-26-5-6-27-23)29-11-19(18)10-28-21/h5-8,10-12,16-17,20H,1-4,9,13-15H2. The fourth-order valence-corrected chi connectivity index (χ4v) is 4.76. The van der Waals surface area contributed by atoms with Crippen LogP contribution in [0.3, 0.4) is 0 Å². The molecule has 0 aromatic carbocycles. The molecule has 1 saturated carbocycles. The molecule has 3 aromatic heterocycles. The molecule has 0 N–H and O–H groups in total. The molecule has 0 unspecified atom stereocenters. The van der Waals surface area contributed by atoms with Crippen molar-refractivity contribution in [3.05, 3.63) is 48.8 Å². The molecular formula is C24H26FN5O. The van der Waals surface area contributed by atoms with Crippen molar-refractivity contribution >= 4 is 16.6 Å². The molecule has 3 aromatic rings. The van der Waals surface area contributed by atoms with Gasteiger partial charge in [0.1, 0.15) is 17.6 Å². The predicted octanol–water partition coefficient (Wildman–Crippen LogP) is 3.66. The van der Waals surface area contributed by atoms with Crippen LogP contribution < -0.4 is 0 Å². The van der Waals surface area contributed by atoms with E-state index in [-0.39, 0.29) is 11.7 Å². The second-order valence-corrected chi connectivity index (χ2v) is 8.86. The number of aromatic nitrogens is 4. The van der Waals surface area contributed by atoms with Crippen molar-refractivity contribution in [3.8, 4) is 11.4 Å². The monoisotopic (exact) mass is 419 g/mol. The smallest absolute Gasteiger partial charge is 0.141 e. The van der Waals surface area contributed by atoms with Crippen molar-refractivity contribution in [1.82, 2.24) is 24.8 Å². The molecule has 1 saturated heterocycles. The number of nitrogens with zero attached hydrogens (tertiary/aromatic N) is 5. The SMILES string of the molecule is O=C(Cc1cc2cc(-c3cnccn3)ncc2cn1)C1CCC(CN2CC(F)C2)CC1. The van der Waals surface area contributed by atoms with Crippen LogP contribution in [0.25, 0.3) is 22.2 Å². The maximum Gasteiger partial charge on any atom is 0.141 e. The third-order valence-corrected chi connectivity index (χ3v) is 6.57. The number of Topliss-reactive ketones (excluding diaryl/α,β-unsaturated/α-hetero) is 1. The predicted molar refractivity (Wildman–Crippen MR) is 116 cm³/mol. The van der Waals surface area contributed by atoms with Crippen molar-refractivity contribution in [1.29, 1.82) is 0 Å². The molecule has 160 valence electrons. The van der Waals surface area contributed by atoms with E-state index in [0.717, 1.165) is 60.1 Å². The molecule has 31 heavy (non-hydrogen) atoms. The number of rotatable bonds is 6. The quantitative estimate of drug-likeness (QED) is 0.607. The van der Waals surface area contributed by atoms with Gasteiger partial charge in [-0.15, -0.1) is 0 Å². The van der Waals surface area contributed by atoms with Crippen LogP contribution >= 0.6 is 0 Å². The molecule has 0 radical (unpaired) electrons. The van der Waals surface area contributed by atoms with Gasteiger partial charge in [0.15, 0.2) is 0 Å². The highest BCUT2D eigenvalue weighted by atomic mass is 19.1. The zero-order valence-corrected chi connectivity index (χ0v) is 17.5. The summed E-state index contributed by atoms with van der Waals surface area (Å²) in [6.45, 7) is 2.15. The highest BCUT2D eigenvalue weighted by Gasteiger charge is 2.31. The van der Waals surface area contributed by atoms with E-state index in [9.17, 15) is 9.18 Å². The largest absolute Gasteiger partial charge is 0.299 e. The summed E-state index contributed by atoms with van der Waals surface area (Å²) in [6, 6.07) is 3.95. The fraction of sp³-hybridized carbons (Fsp3) is 0.458. The molecule has 5 rings (SSSR count). The number of halogens is 1. The molecule has 1 aliphatic carbocycles. The molecule has 1 aliphatic heterocycles. The Morgan fingerprint density at radius 1 is 0.935 bits per heavy atom. The summed E-state index contributed by atoms with van der Waals surface area (Å²) < 4.78 is 13.0. The Labute approximate surface area is 181 Å². The molecule has 0 bridgehead atoms. The van der Waals surface area contributed by atoms with Crippen molar-refractivity contribution in [3.63, 3.8) is 0 Å². The average molecular weight is 420 g/mol. The van der Waals surface area contributed by atoms with Gasteiger partial charge in [0.05, 0.1) is 11.9 Å². The van der Waals surface area contributed by atoms with Crippen LogP contribution in [0.4, 0.5) is 4.39 Å². The zero-order chi connectivity index (χ0) is 21.2. The maximum atomic E-state index is 13.0. The van der Waals surface area contributed by atoms with Crippen molar-refractivity contribution in [2.75, 3.05) is 19.6 Å². The maximum absolute atomic E-state index is 13.0. The van der Waals surface area contributed by atoms with E-state index in [0.29, 0.717) is 25.4 Å². The van der Waals surface area contributed by atoms with Crippen LogP contribution in [0.2, 0.25) is 0 Å². The molecule has 7 heteroatoms. The highest BCUT2D eigenvalue weighted by Crippen LogP contribution is 2.32. The van der Waals surface area contributed by atoms with E-state index in [4.69, 9.17) is 0 Å². The second kappa shape index (κ2) is 8.75. The molecule has 6 nitrogen and oxygen atoms in total. The first-order chi connectivity index (χ1) is 15.1. The molecule has 0 spiro atoms. The number of ketones is 1. The zero-order valence-electron chi connectivity index (χ0n) is 17.5. The third kappa shape index (κ3) is 4.61. The van der Waals surface area contributed by atoms with Gasteiger partial charge in [-0.25, -0.2) is 4.39 Å². The Morgan fingerprint density at radius 2 is 1.74 bits per heavy atom. The van der Waals surface area contributed by atoms with Crippen LogP contribution in [0, 0.1) is 11.8 Å². The lowest BCUT2D eigenvalue weighted by atomic mass is 9.78. The molecule has 0 atom stereocenters. The normalized spacial score (nSPS) is 22.4. The van der Waals surface area contributed by atoms with Crippen molar-refractivity contribution < 1.29 is 9.18 Å². The van der Waals surface area contributed by atoms with Crippen LogP contribution in [-0.2, 0) is 11.2 Å². The summed E-state index contributed by atoms with van der Waals surface area (Å²) >= 11 is 0. The van der Waals surface area contributed by atoms with Gasteiger partial charge in [-0.05, 0) is 49.1 Å². The summed E-state index contributed by atoms with van der Waals surface area (Å²) in [7, 11) is 0. The number of fused-ring (bicyclic) bond motifs is 1. The summed E-state index contributed by atoms with van der Waals surface area (Å²) in [5, 5.41) is 1.93. The highest BCUT2D eigenvalue weighted by molar-refractivity contribution is 5.87. The fourth-order valence-electron chi connectivity index (χ4n) is 4.76. The first-order valence-corrected chi connectivity index (χ1v) is 11.0. The summed E-state index contributed by atoms with van der Waals surface area (Å²) in [5.74, 6) is 0.996. The molecule has 2 fully saturated rings. The van der Waals surface area contributed by atoms with Gasteiger partial charge >= 0.3 is 0 Å².